The van der Waals surface area contributed by atoms with Crippen molar-refractivity contribution in [3.05, 3.63) is 27.7 Å². The molecule has 0 N–H and O–H groups in total. The van der Waals surface area contributed by atoms with E-state index in [1.165, 1.54) is 6.92 Å². The van der Waals surface area contributed by atoms with Gasteiger partial charge in [-0.25, -0.2) is 14.5 Å². The number of anilines is 1. The molecule has 2 fully saturated rings. The summed E-state index contributed by atoms with van der Waals surface area (Å²) in [6.45, 7) is 3.97. The Morgan fingerprint density at radius 3 is 2.52 bits per heavy atom. The molecule has 2 aliphatic heterocycles. The van der Waals surface area contributed by atoms with Gasteiger partial charge < -0.3 is 14.4 Å². The minimum atomic E-state index is -1.45. The first kappa shape index (κ1) is 24.0. The molecule has 0 aromatic heterocycles. The zero-order valence-electron chi connectivity index (χ0n) is 17.5. The normalized spacial score (nSPS) is 19.9. The third kappa shape index (κ3) is 4.89. The van der Waals surface area contributed by atoms with Crippen LogP contribution in [0.3, 0.4) is 0 Å². The number of halogens is 2. The Morgan fingerprint density at radius 1 is 1.29 bits per heavy atom. The molecule has 2 unspecified atom stereocenters. The lowest BCUT2D eigenvalue weighted by atomic mass is 10.1. The van der Waals surface area contributed by atoms with Crippen LogP contribution in [-0.4, -0.2) is 64.0 Å². The van der Waals surface area contributed by atoms with Crippen LogP contribution in [0.4, 0.5) is 5.69 Å². The van der Waals surface area contributed by atoms with Crippen LogP contribution in [0.5, 0.6) is 0 Å². The highest BCUT2D eigenvalue weighted by Crippen LogP contribution is 2.38. The summed E-state index contributed by atoms with van der Waals surface area (Å²) in [7, 11) is -1.09. The van der Waals surface area contributed by atoms with Crippen LogP contribution < -0.4 is 4.90 Å². The molecule has 1 aromatic rings. The average Bonchev–Trinajstić information content (AvgIpc) is 3.20. The smallest absolute Gasteiger partial charge is 0.400 e. The van der Waals surface area contributed by atoms with Gasteiger partial charge in [0.2, 0.25) is 5.91 Å². The maximum absolute atomic E-state index is 12.8. The molecule has 1 spiro atoms. The van der Waals surface area contributed by atoms with E-state index in [4.69, 9.17) is 32.7 Å². The number of rotatable bonds is 7. The lowest BCUT2D eigenvalue weighted by Gasteiger charge is -2.38. The molecule has 2 saturated heterocycles. The Kier molecular flexibility index (Phi) is 7.30. The molecule has 11 heteroatoms. The van der Waals surface area contributed by atoms with Gasteiger partial charge >= 0.3 is 17.8 Å². The van der Waals surface area contributed by atoms with E-state index in [2.05, 4.69) is 0 Å². The predicted molar refractivity (Wildman–Crippen MR) is 117 cm³/mol. The summed E-state index contributed by atoms with van der Waals surface area (Å²) in [6.07, 6.45) is 3.01. The maximum Gasteiger partial charge on any atom is 0.421 e. The van der Waals surface area contributed by atoms with Crippen LogP contribution in [0, 0.1) is 6.92 Å². The Balaban J connectivity index is 1.96. The van der Waals surface area contributed by atoms with Gasteiger partial charge in [-0.15, -0.1) is 0 Å². The summed E-state index contributed by atoms with van der Waals surface area (Å²) in [4.78, 5) is 39.5. The number of nitrogens with zero attached hydrogens (tertiary/aromatic N) is 2. The van der Waals surface area contributed by atoms with E-state index in [1.54, 1.807) is 35.1 Å². The zero-order valence-corrected chi connectivity index (χ0v) is 19.8. The van der Waals surface area contributed by atoms with E-state index in [9.17, 15) is 18.6 Å². The molecule has 0 aliphatic carbocycles. The Bertz CT molecular complexity index is 924. The van der Waals surface area contributed by atoms with Crippen molar-refractivity contribution in [2.24, 2.45) is 0 Å². The molecule has 3 rings (SSSR count). The van der Waals surface area contributed by atoms with Gasteiger partial charge in [0.1, 0.15) is 0 Å². The number of likely N-dealkylation sites (tertiary alicyclic amines) is 1. The minimum Gasteiger partial charge on any atom is -0.400 e. The Hall–Kier alpha value is -1.68. The van der Waals surface area contributed by atoms with Crippen molar-refractivity contribution >= 4 is 57.5 Å². The SMILES string of the molecule is CC(=O)N(c1ccc(Cl)c(Cl)c1C)C(CCS(C)=O)CN1CCCC12OC(=O)C(=O)O2. The Labute approximate surface area is 193 Å². The Morgan fingerprint density at radius 2 is 1.94 bits per heavy atom. The molecular weight excluding hydrogens is 467 g/mol. The number of esters is 2. The van der Waals surface area contributed by atoms with E-state index in [0.717, 1.165) is 0 Å². The summed E-state index contributed by atoms with van der Waals surface area (Å²) >= 11 is 12.4. The quantitative estimate of drug-likeness (QED) is 0.428. The zero-order chi connectivity index (χ0) is 22.9. The summed E-state index contributed by atoms with van der Waals surface area (Å²) in [5, 5.41) is 0.723. The van der Waals surface area contributed by atoms with Crippen molar-refractivity contribution in [1.29, 1.82) is 0 Å². The largest absolute Gasteiger partial charge is 0.421 e. The van der Waals surface area contributed by atoms with E-state index < -0.39 is 34.7 Å². The van der Waals surface area contributed by atoms with Crippen LogP contribution in [0.25, 0.3) is 0 Å². The number of carbonyl (C=O) groups is 3. The van der Waals surface area contributed by atoms with Crippen molar-refractivity contribution in [3.63, 3.8) is 0 Å². The van der Waals surface area contributed by atoms with Gasteiger partial charge in [0.15, 0.2) is 0 Å². The van der Waals surface area contributed by atoms with Gasteiger partial charge in [0.05, 0.1) is 16.1 Å². The monoisotopic (exact) mass is 490 g/mol. The highest BCUT2D eigenvalue weighted by molar-refractivity contribution is 7.84. The van der Waals surface area contributed by atoms with Crippen LogP contribution in [-0.2, 0) is 34.7 Å². The van der Waals surface area contributed by atoms with E-state index in [-0.39, 0.29) is 12.5 Å². The molecule has 2 heterocycles. The number of hydrogen-bond acceptors (Lipinski definition) is 7. The van der Waals surface area contributed by atoms with Crippen LogP contribution in [0.1, 0.15) is 31.7 Å². The summed E-state index contributed by atoms with van der Waals surface area (Å²) in [5.41, 5.74) is 1.23. The van der Waals surface area contributed by atoms with Crippen LogP contribution >= 0.6 is 23.2 Å². The second-order valence-corrected chi connectivity index (χ2v) is 10.00. The van der Waals surface area contributed by atoms with Gasteiger partial charge in [-0.1, -0.05) is 23.2 Å². The third-order valence-corrected chi connectivity index (χ3v) is 7.23. The van der Waals surface area contributed by atoms with Gasteiger partial charge in [0, 0.05) is 54.9 Å². The summed E-state index contributed by atoms with van der Waals surface area (Å²) in [5.74, 6) is -3.38. The molecule has 8 nitrogen and oxygen atoms in total. The fourth-order valence-electron chi connectivity index (χ4n) is 4.06. The fraction of sp³-hybridized carbons (Fsp3) is 0.550. The first-order valence-electron chi connectivity index (χ1n) is 9.81. The molecule has 170 valence electrons. The van der Waals surface area contributed by atoms with Gasteiger partial charge in [0.25, 0.3) is 0 Å². The molecule has 0 bridgehead atoms. The number of amides is 1. The second-order valence-electron chi connectivity index (χ2n) is 7.66. The standard InChI is InChI=1S/C20H24Cl2N2O6S/c1-12-16(6-5-15(21)17(12)22)24(13(2)25)14(7-10-31(3)28)11-23-9-4-8-20(23)29-18(26)19(27)30-20/h5-6,14H,4,7-11H2,1-3H3. The third-order valence-electron chi connectivity index (χ3n) is 5.52. The van der Waals surface area contributed by atoms with Crippen molar-refractivity contribution in [2.45, 2.75) is 45.1 Å². The lowest BCUT2D eigenvalue weighted by Crippen LogP contribution is -2.53. The number of ether oxygens (including phenoxy) is 2. The highest BCUT2D eigenvalue weighted by Gasteiger charge is 2.56. The molecular formula is C20H24Cl2N2O6S. The molecule has 0 radical (unpaired) electrons. The predicted octanol–water partition coefficient (Wildman–Crippen LogP) is 2.64. The molecule has 1 amide bonds. The van der Waals surface area contributed by atoms with Crippen LogP contribution in [0.15, 0.2) is 12.1 Å². The first-order chi connectivity index (χ1) is 14.6. The lowest BCUT2D eigenvalue weighted by molar-refractivity contribution is -0.235. The van der Waals surface area contributed by atoms with Crippen molar-refractivity contribution in [1.82, 2.24) is 4.90 Å². The van der Waals surface area contributed by atoms with E-state index in [0.29, 0.717) is 52.9 Å². The summed E-state index contributed by atoms with van der Waals surface area (Å²) < 4.78 is 22.4. The molecule has 2 atom stereocenters. The molecule has 2 aliphatic rings. The van der Waals surface area contributed by atoms with E-state index in [1.807, 2.05) is 0 Å². The number of carbonyl (C=O) groups excluding carboxylic acids is 3. The highest BCUT2D eigenvalue weighted by atomic mass is 35.5. The minimum absolute atomic E-state index is 0.234. The maximum atomic E-state index is 12.8. The molecule has 1 aromatic carbocycles. The fourth-order valence-corrected chi connectivity index (χ4v) is 5.03. The topological polar surface area (TPSA) is 93.2 Å². The van der Waals surface area contributed by atoms with Crippen LogP contribution in [0.2, 0.25) is 10.0 Å². The second kappa shape index (κ2) is 9.44. The molecule has 31 heavy (non-hydrogen) atoms. The first-order valence-corrected chi connectivity index (χ1v) is 12.3. The van der Waals surface area contributed by atoms with Gasteiger partial charge in [-0.2, -0.15) is 0 Å². The van der Waals surface area contributed by atoms with Crippen molar-refractivity contribution < 1.29 is 28.1 Å². The molecule has 0 saturated carbocycles. The number of hydrogen-bond donors (Lipinski definition) is 0. The van der Waals surface area contributed by atoms with Crippen molar-refractivity contribution in [2.75, 3.05) is 30.0 Å². The number of benzene rings is 1. The average molecular weight is 491 g/mol. The van der Waals surface area contributed by atoms with Gasteiger partial charge in [-0.05, 0) is 37.5 Å². The summed E-state index contributed by atoms with van der Waals surface area (Å²) in [6, 6.07) is 2.90. The van der Waals surface area contributed by atoms with Crippen molar-refractivity contribution in [3.8, 4) is 0 Å². The van der Waals surface area contributed by atoms with E-state index >= 15 is 0 Å². The van der Waals surface area contributed by atoms with Gasteiger partial charge in [-0.3, -0.25) is 9.00 Å².